The van der Waals surface area contributed by atoms with Gasteiger partial charge in [0.05, 0.1) is 7.11 Å². The van der Waals surface area contributed by atoms with E-state index in [1.165, 1.54) is 55.7 Å². The number of rotatable bonds is 5. The van der Waals surface area contributed by atoms with Crippen LogP contribution in [-0.2, 0) is 4.79 Å². The van der Waals surface area contributed by atoms with Gasteiger partial charge in [0.1, 0.15) is 0 Å². The standard InChI is InChI=1S/C18H14F3NO4/c1-26-16-10-12(6-8-15(16)24)14(23)7-5-11-3-2-4-13(9-11)22-17(25)18(19,20)21/h2-10,24H,1H3,(H,22,25). The number of anilines is 1. The van der Waals surface area contributed by atoms with E-state index >= 15 is 0 Å². The molecule has 0 unspecified atom stereocenters. The van der Waals surface area contributed by atoms with Gasteiger partial charge in [-0.25, -0.2) is 0 Å². The van der Waals surface area contributed by atoms with Crippen LogP contribution >= 0.6 is 0 Å². The lowest BCUT2D eigenvalue weighted by Gasteiger charge is -2.08. The number of alkyl halides is 3. The maximum absolute atomic E-state index is 12.3. The number of ketones is 1. The highest BCUT2D eigenvalue weighted by Gasteiger charge is 2.38. The highest BCUT2D eigenvalue weighted by molar-refractivity contribution is 6.07. The second-order valence-corrected chi connectivity index (χ2v) is 5.16. The van der Waals surface area contributed by atoms with E-state index in [1.807, 2.05) is 0 Å². The van der Waals surface area contributed by atoms with Crippen LogP contribution < -0.4 is 10.1 Å². The Labute approximate surface area is 146 Å². The third-order valence-corrected chi connectivity index (χ3v) is 3.29. The van der Waals surface area contributed by atoms with Crippen molar-refractivity contribution in [1.29, 1.82) is 0 Å². The number of carbonyl (C=O) groups is 2. The molecule has 0 saturated carbocycles. The van der Waals surface area contributed by atoms with Crippen molar-refractivity contribution in [2.75, 3.05) is 12.4 Å². The zero-order chi connectivity index (χ0) is 19.3. The van der Waals surface area contributed by atoms with E-state index in [-0.39, 0.29) is 22.7 Å². The van der Waals surface area contributed by atoms with Crippen LogP contribution in [0.5, 0.6) is 11.5 Å². The first-order valence-corrected chi connectivity index (χ1v) is 7.28. The molecule has 0 heterocycles. The molecule has 8 heteroatoms. The lowest BCUT2D eigenvalue weighted by atomic mass is 10.1. The molecule has 0 aliphatic heterocycles. The number of amides is 1. The Hall–Kier alpha value is -3.29. The molecule has 2 rings (SSSR count). The fourth-order valence-electron chi connectivity index (χ4n) is 2.02. The number of carbonyl (C=O) groups excluding carboxylic acids is 2. The predicted octanol–water partition coefficient (Wildman–Crippen LogP) is 3.80. The molecule has 0 fully saturated rings. The fourth-order valence-corrected chi connectivity index (χ4v) is 2.02. The van der Waals surface area contributed by atoms with Gasteiger partial charge in [-0.1, -0.05) is 18.2 Å². The molecule has 0 radical (unpaired) electrons. The van der Waals surface area contributed by atoms with E-state index < -0.39 is 17.9 Å². The molecule has 1 amide bonds. The van der Waals surface area contributed by atoms with E-state index in [0.717, 1.165) is 0 Å². The van der Waals surface area contributed by atoms with Crippen molar-refractivity contribution < 1.29 is 32.6 Å². The minimum absolute atomic E-state index is 0.0479. The Balaban J connectivity index is 2.14. The summed E-state index contributed by atoms with van der Waals surface area (Å²) in [4.78, 5) is 23.1. The van der Waals surface area contributed by atoms with E-state index in [1.54, 1.807) is 11.4 Å². The number of methoxy groups -OCH3 is 1. The molecular formula is C18H14F3NO4. The van der Waals surface area contributed by atoms with Crippen molar-refractivity contribution >= 4 is 23.5 Å². The number of phenolic OH excluding ortho intramolecular Hbond substituents is 1. The SMILES string of the molecule is COc1cc(C(=O)C=Cc2cccc(NC(=O)C(F)(F)F)c2)ccc1O. The summed E-state index contributed by atoms with van der Waals surface area (Å²) in [6.07, 6.45) is -2.37. The number of allylic oxidation sites excluding steroid dienone is 1. The Morgan fingerprint density at radius 3 is 2.54 bits per heavy atom. The third kappa shape index (κ3) is 4.85. The van der Waals surface area contributed by atoms with Crippen molar-refractivity contribution in [3.63, 3.8) is 0 Å². The van der Waals surface area contributed by atoms with Crippen LogP contribution in [0.25, 0.3) is 6.08 Å². The molecule has 2 N–H and O–H groups in total. The largest absolute Gasteiger partial charge is 0.504 e. The average molecular weight is 365 g/mol. The van der Waals surface area contributed by atoms with Gasteiger partial charge in [0.25, 0.3) is 0 Å². The van der Waals surface area contributed by atoms with Crippen LogP contribution in [0, 0.1) is 0 Å². The predicted molar refractivity (Wildman–Crippen MR) is 89.2 cm³/mol. The number of phenols is 1. The second-order valence-electron chi connectivity index (χ2n) is 5.16. The van der Waals surface area contributed by atoms with Crippen molar-refractivity contribution in [2.45, 2.75) is 6.18 Å². The van der Waals surface area contributed by atoms with Crippen LogP contribution in [-0.4, -0.2) is 30.1 Å². The Bertz CT molecular complexity index is 860. The first kappa shape index (κ1) is 19.0. The number of hydrogen-bond donors (Lipinski definition) is 2. The Kier molecular flexibility index (Phi) is 5.66. The summed E-state index contributed by atoms with van der Waals surface area (Å²) in [5.41, 5.74) is 0.634. The molecule has 0 saturated heterocycles. The van der Waals surface area contributed by atoms with Crippen molar-refractivity contribution in [3.05, 3.63) is 59.7 Å². The zero-order valence-electron chi connectivity index (χ0n) is 13.5. The van der Waals surface area contributed by atoms with Gasteiger partial charge in [0.15, 0.2) is 17.3 Å². The van der Waals surface area contributed by atoms with Crippen molar-refractivity contribution in [2.24, 2.45) is 0 Å². The van der Waals surface area contributed by atoms with E-state index in [0.29, 0.717) is 5.56 Å². The lowest BCUT2D eigenvalue weighted by molar-refractivity contribution is -0.167. The molecule has 2 aromatic carbocycles. The molecular weight excluding hydrogens is 351 g/mol. The molecule has 0 aliphatic rings. The minimum atomic E-state index is -4.99. The summed E-state index contributed by atoms with van der Waals surface area (Å²) >= 11 is 0. The van der Waals surface area contributed by atoms with Gasteiger partial charge in [-0.3, -0.25) is 9.59 Å². The van der Waals surface area contributed by atoms with Crippen LogP contribution in [0.2, 0.25) is 0 Å². The highest BCUT2D eigenvalue weighted by Crippen LogP contribution is 2.26. The van der Waals surface area contributed by atoms with E-state index in [9.17, 15) is 27.9 Å². The summed E-state index contributed by atoms with van der Waals surface area (Å²) in [7, 11) is 1.35. The Morgan fingerprint density at radius 2 is 1.88 bits per heavy atom. The maximum Gasteiger partial charge on any atom is 0.471 e. The number of nitrogens with one attached hydrogen (secondary N) is 1. The first-order valence-electron chi connectivity index (χ1n) is 7.28. The summed E-state index contributed by atoms with van der Waals surface area (Å²) in [5.74, 6) is -2.44. The molecule has 0 atom stereocenters. The van der Waals surface area contributed by atoms with Gasteiger partial charge >= 0.3 is 12.1 Å². The molecule has 0 aliphatic carbocycles. The molecule has 0 bridgehead atoms. The molecule has 26 heavy (non-hydrogen) atoms. The smallest absolute Gasteiger partial charge is 0.471 e. The molecule has 0 aromatic heterocycles. The van der Waals surface area contributed by atoms with Crippen LogP contribution in [0.1, 0.15) is 15.9 Å². The summed E-state index contributed by atoms with van der Waals surface area (Å²) in [6.45, 7) is 0. The van der Waals surface area contributed by atoms with E-state index in [2.05, 4.69) is 0 Å². The summed E-state index contributed by atoms with van der Waals surface area (Å²) in [6, 6.07) is 9.68. The summed E-state index contributed by atoms with van der Waals surface area (Å²) in [5, 5.41) is 11.3. The molecule has 5 nitrogen and oxygen atoms in total. The topological polar surface area (TPSA) is 75.6 Å². The van der Waals surface area contributed by atoms with Crippen LogP contribution in [0.3, 0.4) is 0 Å². The van der Waals surface area contributed by atoms with E-state index in [4.69, 9.17) is 4.74 Å². The van der Waals surface area contributed by atoms with Gasteiger partial charge in [-0.2, -0.15) is 13.2 Å². The van der Waals surface area contributed by atoms with Gasteiger partial charge in [0.2, 0.25) is 0 Å². The number of benzene rings is 2. The number of aromatic hydroxyl groups is 1. The molecule has 136 valence electrons. The first-order chi connectivity index (χ1) is 12.2. The minimum Gasteiger partial charge on any atom is -0.504 e. The van der Waals surface area contributed by atoms with Gasteiger partial charge in [-0.15, -0.1) is 0 Å². The third-order valence-electron chi connectivity index (χ3n) is 3.29. The summed E-state index contributed by atoms with van der Waals surface area (Å²) < 4.78 is 41.7. The number of hydrogen-bond acceptors (Lipinski definition) is 4. The molecule has 2 aromatic rings. The number of ether oxygens (including phenoxy) is 1. The lowest BCUT2D eigenvalue weighted by Crippen LogP contribution is -2.29. The van der Waals surface area contributed by atoms with Crippen molar-refractivity contribution in [1.82, 2.24) is 0 Å². The normalized spacial score (nSPS) is 11.4. The second kappa shape index (κ2) is 7.73. The zero-order valence-corrected chi connectivity index (χ0v) is 13.5. The fraction of sp³-hybridized carbons (Fsp3) is 0.111. The molecule has 0 spiro atoms. The van der Waals surface area contributed by atoms with Crippen LogP contribution in [0.15, 0.2) is 48.5 Å². The van der Waals surface area contributed by atoms with Gasteiger partial charge in [0, 0.05) is 11.3 Å². The van der Waals surface area contributed by atoms with Gasteiger partial charge < -0.3 is 15.2 Å². The van der Waals surface area contributed by atoms with Crippen molar-refractivity contribution in [3.8, 4) is 11.5 Å². The average Bonchev–Trinajstić information content (AvgIpc) is 2.59. The highest BCUT2D eigenvalue weighted by atomic mass is 19.4. The maximum atomic E-state index is 12.3. The quantitative estimate of drug-likeness (QED) is 0.624. The number of halogens is 3. The Morgan fingerprint density at radius 1 is 1.15 bits per heavy atom. The van der Waals surface area contributed by atoms with Crippen LogP contribution in [0.4, 0.5) is 18.9 Å². The monoisotopic (exact) mass is 365 g/mol. The van der Waals surface area contributed by atoms with Gasteiger partial charge in [-0.05, 0) is 42.0 Å².